The molecule has 0 saturated carbocycles. The van der Waals surface area contributed by atoms with E-state index in [1.807, 2.05) is 0 Å². The van der Waals surface area contributed by atoms with E-state index in [1.54, 1.807) is 25.1 Å². The maximum absolute atomic E-state index is 13.8. The van der Waals surface area contributed by atoms with Gasteiger partial charge in [-0.05, 0) is 30.2 Å². The topological polar surface area (TPSA) is 187 Å². The molecule has 0 radical (unpaired) electrons. The number of rotatable bonds is 13. The molecule has 1 unspecified atom stereocenters. The number of nitrogens with one attached hydrogen (secondary N) is 1. The molecule has 0 bridgehead atoms. The molecule has 200 valence electrons. The number of thiophene rings is 1. The molecule has 37 heavy (non-hydrogen) atoms. The summed E-state index contributed by atoms with van der Waals surface area (Å²) in [5.74, 6) is -0.496. The van der Waals surface area contributed by atoms with Crippen molar-refractivity contribution >= 4 is 39.0 Å². The van der Waals surface area contributed by atoms with Gasteiger partial charge in [-0.3, -0.25) is 0 Å². The SMILES string of the molecule is CCc1c(S(=O)(=O)NCP(=O)(O)Oc2ccc(C#N)c(F)c2)sc2cc(OCCN)c(OCCN)cc12. The summed E-state index contributed by atoms with van der Waals surface area (Å²) in [6.07, 6.45) is -0.628. The van der Waals surface area contributed by atoms with Crippen molar-refractivity contribution in [2.45, 2.75) is 17.6 Å². The summed E-state index contributed by atoms with van der Waals surface area (Å²) < 4.78 is 71.5. The second-order valence-corrected chi connectivity index (χ2v) is 12.4. The number of aryl methyl sites for hydroxylation is 1. The van der Waals surface area contributed by atoms with Crippen LogP contribution in [0.15, 0.2) is 34.5 Å². The summed E-state index contributed by atoms with van der Waals surface area (Å²) in [4.78, 5) is 10.2. The third kappa shape index (κ3) is 6.97. The van der Waals surface area contributed by atoms with Crippen LogP contribution in [0, 0.1) is 17.1 Å². The van der Waals surface area contributed by atoms with Crippen LogP contribution in [0.25, 0.3) is 10.1 Å². The first kappa shape index (κ1) is 28.8. The summed E-state index contributed by atoms with van der Waals surface area (Å²) in [6, 6.07) is 7.92. The normalized spacial score (nSPS) is 13.2. The molecule has 1 aromatic heterocycles. The molecular formula is C22H26FN4O7PS2. The highest BCUT2D eigenvalue weighted by Crippen LogP contribution is 2.44. The van der Waals surface area contributed by atoms with Crippen molar-refractivity contribution in [2.24, 2.45) is 11.5 Å². The van der Waals surface area contributed by atoms with E-state index in [4.69, 9.17) is 30.7 Å². The van der Waals surface area contributed by atoms with Crippen LogP contribution < -0.4 is 30.2 Å². The van der Waals surface area contributed by atoms with Gasteiger partial charge in [0.05, 0.1) is 5.56 Å². The van der Waals surface area contributed by atoms with Crippen LogP contribution in [0.4, 0.5) is 4.39 Å². The summed E-state index contributed by atoms with van der Waals surface area (Å²) in [5.41, 5.74) is 11.3. The summed E-state index contributed by atoms with van der Waals surface area (Å²) in [6.45, 7) is 2.75. The molecule has 0 spiro atoms. The Balaban J connectivity index is 1.88. The summed E-state index contributed by atoms with van der Waals surface area (Å²) >= 11 is 0.962. The van der Waals surface area contributed by atoms with Crippen LogP contribution in [-0.2, 0) is 21.0 Å². The van der Waals surface area contributed by atoms with Gasteiger partial charge in [0.1, 0.15) is 41.3 Å². The lowest BCUT2D eigenvalue weighted by molar-refractivity contribution is 0.278. The number of sulfonamides is 1. The Labute approximate surface area is 217 Å². The number of hydrogen-bond donors (Lipinski definition) is 4. The molecule has 1 atom stereocenters. The molecular weight excluding hydrogens is 546 g/mol. The third-order valence-electron chi connectivity index (χ3n) is 4.93. The summed E-state index contributed by atoms with van der Waals surface area (Å²) in [5, 5.41) is 9.41. The predicted octanol–water partition coefficient (Wildman–Crippen LogP) is 2.65. The van der Waals surface area contributed by atoms with E-state index in [1.165, 1.54) is 0 Å². The van der Waals surface area contributed by atoms with Crippen LogP contribution in [0.5, 0.6) is 17.2 Å². The molecule has 3 aromatic rings. The Kier molecular flexibility index (Phi) is 9.49. The zero-order valence-corrected chi connectivity index (χ0v) is 22.3. The van der Waals surface area contributed by atoms with Crippen molar-refractivity contribution in [1.82, 2.24) is 4.72 Å². The lowest BCUT2D eigenvalue weighted by Crippen LogP contribution is -2.26. The van der Waals surface area contributed by atoms with Crippen molar-refractivity contribution in [1.29, 1.82) is 5.26 Å². The minimum atomic E-state index is -4.57. The van der Waals surface area contributed by atoms with Gasteiger partial charge in [0.25, 0.3) is 10.0 Å². The predicted molar refractivity (Wildman–Crippen MR) is 137 cm³/mol. The van der Waals surface area contributed by atoms with Crippen molar-refractivity contribution in [3.63, 3.8) is 0 Å². The number of nitrogens with two attached hydrogens (primary N) is 2. The van der Waals surface area contributed by atoms with E-state index in [0.29, 0.717) is 33.6 Å². The number of nitrogens with zero attached hydrogens (tertiary/aromatic N) is 1. The molecule has 0 amide bonds. The van der Waals surface area contributed by atoms with Crippen LogP contribution >= 0.6 is 18.9 Å². The highest BCUT2D eigenvalue weighted by Gasteiger charge is 2.29. The van der Waals surface area contributed by atoms with E-state index in [9.17, 15) is 22.3 Å². The van der Waals surface area contributed by atoms with Gasteiger partial charge in [0.15, 0.2) is 11.5 Å². The van der Waals surface area contributed by atoms with Crippen molar-refractivity contribution in [3.05, 3.63) is 47.3 Å². The standard InChI is InChI=1S/C22H26FN4O7PS2/c1-2-16-17-10-19(32-7-5-24)20(33-8-6-25)11-21(17)36-22(16)37(30,31)27-13-35(28,29)34-15-4-3-14(12-26)18(23)9-15/h3-4,9-11,27H,2,5-8,13,24-25H2,1H3,(H,28,29). The molecule has 3 rings (SSSR count). The highest BCUT2D eigenvalue weighted by molar-refractivity contribution is 7.92. The van der Waals surface area contributed by atoms with Crippen LogP contribution in [0.3, 0.4) is 0 Å². The molecule has 0 aliphatic carbocycles. The van der Waals surface area contributed by atoms with E-state index in [-0.39, 0.29) is 41.8 Å². The van der Waals surface area contributed by atoms with Gasteiger partial charge in [-0.25, -0.2) is 17.4 Å². The van der Waals surface area contributed by atoms with Gasteiger partial charge in [0, 0.05) is 35.3 Å². The monoisotopic (exact) mass is 572 g/mol. The average Bonchev–Trinajstić information content (AvgIpc) is 3.23. The number of ether oxygens (including phenoxy) is 2. The van der Waals surface area contributed by atoms with Crippen molar-refractivity contribution in [2.75, 3.05) is 32.6 Å². The van der Waals surface area contributed by atoms with Gasteiger partial charge in [-0.15, -0.1) is 11.3 Å². The van der Waals surface area contributed by atoms with Gasteiger partial charge < -0.3 is 30.4 Å². The Morgan fingerprint density at radius 3 is 2.38 bits per heavy atom. The van der Waals surface area contributed by atoms with E-state index in [0.717, 1.165) is 29.5 Å². The first-order valence-corrected chi connectivity index (χ1v) is 15.1. The van der Waals surface area contributed by atoms with Crippen molar-refractivity contribution in [3.8, 4) is 23.3 Å². The lowest BCUT2D eigenvalue weighted by Gasteiger charge is -2.14. The Morgan fingerprint density at radius 2 is 1.81 bits per heavy atom. The first-order chi connectivity index (χ1) is 17.5. The number of benzene rings is 2. The molecule has 0 fully saturated rings. The number of nitriles is 1. The molecule has 0 aliphatic rings. The molecule has 11 nitrogen and oxygen atoms in total. The number of hydrogen-bond acceptors (Lipinski definition) is 10. The minimum absolute atomic E-state index is 0.0461. The molecule has 2 aromatic carbocycles. The van der Waals surface area contributed by atoms with E-state index >= 15 is 0 Å². The van der Waals surface area contributed by atoms with E-state index < -0.39 is 29.7 Å². The lowest BCUT2D eigenvalue weighted by atomic mass is 10.1. The molecule has 0 saturated heterocycles. The van der Waals surface area contributed by atoms with Crippen LogP contribution in [0.2, 0.25) is 0 Å². The summed E-state index contributed by atoms with van der Waals surface area (Å²) in [7, 11) is -8.82. The molecule has 1 heterocycles. The van der Waals surface area contributed by atoms with Gasteiger partial charge in [0.2, 0.25) is 0 Å². The molecule has 15 heteroatoms. The second-order valence-electron chi connectivity index (χ2n) is 7.58. The smallest absolute Gasteiger partial charge is 0.391 e. The Hall–Kier alpha value is -2.76. The number of halogens is 1. The largest absolute Gasteiger partial charge is 0.488 e. The van der Waals surface area contributed by atoms with Gasteiger partial charge >= 0.3 is 7.60 Å². The van der Waals surface area contributed by atoms with Gasteiger partial charge in [-0.1, -0.05) is 6.92 Å². The zero-order valence-electron chi connectivity index (χ0n) is 19.8. The van der Waals surface area contributed by atoms with Crippen molar-refractivity contribution < 1.29 is 36.3 Å². The fraction of sp³-hybridized carbons (Fsp3) is 0.318. The number of fused-ring (bicyclic) bond motifs is 1. The minimum Gasteiger partial charge on any atom is -0.488 e. The third-order valence-corrected chi connectivity index (χ3v) is 9.36. The first-order valence-electron chi connectivity index (χ1n) is 11.0. The Bertz CT molecular complexity index is 1470. The molecule has 0 aliphatic heterocycles. The fourth-order valence-corrected chi connectivity index (χ4v) is 7.79. The highest BCUT2D eigenvalue weighted by atomic mass is 32.2. The second kappa shape index (κ2) is 12.2. The zero-order chi connectivity index (χ0) is 27.2. The molecule has 6 N–H and O–H groups in total. The van der Waals surface area contributed by atoms with Crippen LogP contribution in [0.1, 0.15) is 18.1 Å². The maximum Gasteiger partial charge on any atom is 0.391 e. The Morgan fingerprint density at radius 1 is 1.16 bits per heavy atom. The quantitative estimate of drug-likeness (QED) is 0.222. The fourth-order valence-electron chi connectivity index (χ4n) is 3.32. The average molecular weight is 573 g/mol. The van der Waals surface area contributed by atoms with E-state index in [2.05, 4.69) is 4.72 Å². The van der Waals surface area contributed by atoms with Gasteiger partial charge in [-0.2, -0.15) is 9.98 Å². The van der Waals surface area contributed by atoms with Crippen LogP contribution in [-0.4, -0.2) is 45.9 Å². The maximum atomic E-state index is 13.8.